The maximum absolute atomic E-state index is 14.1. The maximum atomic E-state index is 14.1. The van der Waals surface area contributed by atoms with E-state index in [0.717, 1.165) is 39.2 Å². The SMILES string of the molecule is O=S1(=O)c2cc(-c3ccc(C4c5ccccc5-c5ccccc54)cc3)ccc2C2C(c3ccccc3)=Nc3cccc1c32. The summed E-state index contributed by atoms with van der Waals surface area (Å²) >= 11 is 0. The Kier molecular flexibility index (Phi) is 5.12. The van der Waals surface area contributed by atoms with Crippen LogP contribution in [-0.2, 0) is 9.84 Å². The molecule has 0 bridgehead atoms. The number of fused-ring (bicyclic) bond motifs is 5. The van der Waals surface area contributed by atoms with Crippen molar-refractivity contribution < 1.29 is 8.42 Å². The van der Waals surface area contributed by atoms with Crippen molar-refractivity contribution in [3.63, 3.8) is 0 Å². The van der Waals surface area contributed by atoms with Crippen molar-refractivity contribution >= 4 is 21.2 Å². The van der Waals surface area contributed by atoms with E-state index in [-0.39, 0.29) is 11.8 Å². The molecule has 0 fully saturated rings. The lowest BCUT2D eigenvalue weighted by molar-refractivity contribution is 0.591. The molecule has 0 saturated carbocycles. The van der Waals surface area contributed by atoms with Gasteiger partial charge in [-0.1, -0.05) is 121 Å². The quantitative estimate of drug-likeness (QED) is 0.213. The molecule has 0 spiro atoms. The van der Waals surface area contributed by atoms with Crippen molar-refractivity contribution in [2.75, 3.05) is 0 Å². The van der Waals surface area contributed by atoms with Crippen LogP contribution in [0.3, 0.4) is 0 Å². The minimum Gasteiger partial charge on any atom is -0.251 e. The van der Waals surface area contributed by atoms with Crippen LogP contribution < -0.4 is 0 Å². The molecule has 4 heteroatoms. The number of nitrogens with zero attached hydrogens (tertiary/aromatic N) is 1. The summed E-state index contributed by atoms with van der Waals surface area (Å²) in [4.78, 5) is 5.68. The minimum atomic E-state index is -3.71. The largest absolute Gasteiger partial charge is 0.251 e. The molecule has 1 atom stereocenters. The van der Waals surface area contributed by atoms with Gasteiger partial charge in [0.25, 0.3) is 0 Å². The lowest BCUT2D eigenvalue weighted by atomic mass is 9.84. The van der Waals surface area contributed by atoms with Gasteiger partial charge in [-0.15, -0.1) is 0 Å². The molecular weight excluding hydrogens is 547 g/mol. The Bertz CT molecular complexity index is 2200. The third kappa shape index (κ3) is 3.47. The first-order chi connectivity index (χ1) is 21.1. The molecule has 1 unspecified atom stereocenters. The van der Waals surface area contributed by atoms with Gasteiger partial charge >= 0.3 is 0 Å². The average Bonchev–Trinajstić information content (AvgIpc) is 3.61. The highest BCUT2D eigenvalue weighted by Gasteiger charge is 2.42. The van der Waals surface area contributed by atoms with Gasteiger partial charge in [0.2, 0.25) is 9.84 Å². The van der Waals surface area contributed by atoms with Gasteiger partial charge in [-0.05, 0) is 68.3 Å². The number of benzene rings is 6. The molecule has 0 aromatic heterocycles. The Balaban J connectivity index is 1.14. The van der Waals surface area contributed by atoms with Gasteiger partial charge in [0.15, 0.2) is 0 Å². The standard InChI is InChI=1S/C39H25NO2S/c41-43(42)34-16-8-15-33-38(34)37(39(40-33)26-9-2-1-3-10-26)32-22-21-27(23-35(32)43)24-17-19-25(20-18-24)36-30-13-6-4-11-28(30)29-12-5-7-14-31(29)36/h1-23,36-37H. The predicted octanol–water partition coefficient (Wildman–Crippen LogP) is 8.93. The van der Waals surface area contributed by atoms with E-state index in [1.165, 1.54) is 27.8 Å². The van der Waals surface area contributed by atoms with Gasteiger partial charge in [-0.2, -0.15) is 0 Å². The van der Waals surface area contributed by atoms with E-state index in [2.05, 4.69) is 78.9 Å². The third-order valence-electron chi connectivity index (χ3n) is 9.23. The van der Waals surface area contributed by atoms with Crippen LogP contribution in [-0.4, -0.2) is 14.1 Å². The molecule has 0 radical (unpaired) electrons. The molecule has 9 rings (SSSR count). The summed E-state index contributed by atoms with van der Waals surface area (Å²) in [6.07, 6.45) is 0. The Hall–Kier alpha value is -5.06. The van der Waals surface area contributed by atoms with Gasteiger partial charge in [-0.25, -0.2) is 8.42 Å². The van der Waals surface area contributed by atoms with Crippen LogP contribution in [0.4, 0.5) is 5.69 Å². The molecule has 1 aliphatic carbocycles. The van der Waals surface area contributed by atoms with Gasteiger partial charge in [0.05, 0.1) is 27.1 Å². The molecular formula is C39H25NO2S. The second-order valence-corrected chi connectivity index (χ2v) is 13.4. The van der Waals surface area contributed by atoms with Crippen molar-refractivity contribution in [1.29, 1.82) is 0 Å². The van der Waals surface area contributed by atoms with E-state index in [1.807, 2.05) is 48.5 Å². The number of hydrogen-bond donors (Lipinski definition) is 0. The van der Waals surface area contributed by atoms with E-state index >= 15 is 0 Å². The average molecular weight is 572 g/mol. The van der Waals surface area contributed by atoms with Crippen molar-refractivity contribution in [3.05, 3.63) is 173 Å². The topological polar surface area (TPSA) is 46.5 Å². The first-order valence-corrected chi connectivity index (χ1v) is 16.0. The van der Waals surface area contributed by atoms with Gasteiger partial charge < -0.3 is 0 Å². The molecule has 6 aromatic rings. The summed E-state index contributed by atoms with van der Waals surface area (Å²) in [6.45, 7) is 0. The van der Waals surface area contributed by atoms with E-state index in [9.17, 15) is 8.42 Å². The smallest absolute Gasteiger partial charge is 0.207 e. The molecule has 0 saturated heterocycles. The van der Waals surface area contributed by atoms with Gasteiger partial charge in [0, 0.05) is 11.5 Å². The van der Waals surface area contributed by atoms with Crippen LogP contribution in [0.1, 0.15) is 45.2 Å². The van der Waals surface area contributed by atoms with E-state index in [1.54, 1.807) is 12.1 Å². The lowest BCUT2D eigenvalue weighted by Gasteiger charge is -2.27. The van der Waals surface area contributed by atoms with Crippen LogP contribution in [0.2, 0.25) is 0 Å². The molecule has 3 nitrogen and oxygen atoms in total. The zero-order chi connectivity index (χ0) is 28.7. The normalized spacial score (nSPS) is 17.0. The van der Waals surface area contributed by atoms with Crippen LogP contribution in [0.15, 0.2) is 154 Å². The number of hydrogen-bond acceptors (Lipinski definition) is 3. The summed E-state index contributed by atoms with van der Waals surface area (Å²) in [5.74, 6) is -0.0415. The fourth-order valence-corrected chi connectivity index (χ4v) is 9.10. The Morgan fingerprint density at radius 2 is 1.14 bits per heavy atom. The van der Waals surface area contributed by atoms with Crippen molar-refractivity contribution in [2.24, 2.45) is 4.99 Å². The van der Waals surface area contributed by atoms with Crippen LogP contribution in [0, 0.1) is 0 Å². The molecule has 2 heterocycles. The summed E-state index contributed by atoms with van der Waals surface area (Å²) in [5, 5.41) is 0. The second-order valence-electron chi connectivity index (χ2n) is 11.5. The number of aliphatic imine (C=N–C) groups is 1. The van der Waals surface area contributed by atoms with Crippen LogP contribution in [0.25, 0.3) is 22.3 Å². The second kappa shape index (κ2) is 8.97. The molecule has 3 aliphatic rings. The summed E-state index contributed by atoms with van der Waals surface area (Å²) in [7, 11) is -3.71. The van der Waals surface area contributed by atoms with Crippen molar-refractivity contribution in [2.45, 2.75) is 21.6 Å². The summed E-state index contributed by atoms with van der Waals surface area (Å²) in [6, 6.07) is 47.3. The molecule has 2 aliphatic heterocycles. The van der Waals surface area contributed by atoms with Crippen molar-refractivity contribution in [3.8, 4) is 22.3 Å². The molecule has 204 valence electrons. The highest BCUT2D eigenvalue weighted by molar-refractivity contribution is 7.91. The Morgan fingerprint density at radius 1 is 0.488 bits per heavy atom. The minimum absolute atomic E-state index is 0.175. The fraction of sp³-hybridized carbons (Fsp3) is 0.0513. The third-order valence-corrected chi connectivity index (χ3v) is 11.1. The van der Waals surface area contributed by atoms with Crippen LogP contribution in [0.5, 0.6) is 0 Å². The highest BCUT2D eigenvalue weighted by Crippen LogP contribution is 2.52. The molecule has 0 N–H and O–H groups in total. The van der Waals surface area contributed by atoms with Crippen molar-refractivity contribution in [1.82, 2.24) is 0 Å². The number of rotatable bonds is 3. The maximum Gasteiger partial charge on any atom is 0.207 e. The number of sulfone groups is 1. The zero-order valence-electron chi connectivity index (χ0n) is 23.1. The first-order valence-electron chi connectivity index (χ1n) is 14.5. The van der Waals surface area contributed by atoms with E-state index in [0.29, 0.717) is 9.79 Å². The Morgan fingerprint density at radius 3 is 1.86 bits per heavy atom. The van der Waals surface area contributed by atoms with Gasteiger partial charge in [-0.3, -0.25) is 4.99 Å². The van der Waals surface area contributed by atoms with E-state index < -0.39 is 9.84 Å². The molecule has 6 aromatic carbocycles. The monoisotopic (exact) mass is 571 g/mol. The Labute approximate surface area is 250 Å². The van der Waals surface area contributed by atoms with Crippen LogP contribution >= 0.6 is 0 Å². The van der Waals surface area contributed by atoms with Gasteiger partial charge in [0.1, 0.15) is 0 Å². The summed E-state index contributed by atoms with van der Waals surface area (Å²) in [5.41, 5.74) is 12.6. The lowest BCUT2D eigenvalue weighted by Crippen LogP contribution is -2.22. The molecule has 43 heavy (non-hydrogen) atoms. The first kappa shape index (κ1) is 24.5. The summed E-state index contributed by atoms with van der Waals surface area (Å²) < 4.78 is 28.1. The van der Waals surface area contributed by atoms with E-state index in [4.69, 9.17) is 4.99 Å². The molecule has 0 amide bonds. The fourth-order valence-electron chi connectivity index (χ4n) is 7.31. The predicted molar refractivity (Wildman–Crippen MR) is 171 cm³/mol. The zero-order valence-corrected chi connectivity index (χ0v) is 23.9. The highest BCUT2D eigenvalue weighted by atomic mass is 32.2.